The summed E-state index contributed by atoms with van der Waals surface area (Å²) in [5.41, 5.74) is 3.42. The Hall–Kier alpha value is -2.76. The van der Waals surface area contributed by atoms with E-state index in [-0.39, 0.29) is 5.91 Å². The van der Waals surface area contributed by atoms with Gasteiger partial charge in [-0.25, -0.2) is 0 Å². The topological polar surface area (TPSA) is 74.8 Å². The van der Waals surface area contributed by atoms with E-state index in [1.54, 1.807) is 6.20 Å². The number of piperidine rings is 1. The molecule has 0 radical (unpaired) electrons. The predicted molar refractivity (Wildman–Crippen MR) is 90.5 cm³/mol. The molecule has 1 aromatic carbocycles. The summed E-state index contributed by atoms with van der Waals surface area (Å²) in [5, 5.41) is 10.7. The fraction of sp³-hybridized carbons (Fsp3) is 0.333. The van der Waals surface area contributed by atoms with Crippen LogP contribution in [0.5, 0.6) is 0 Å². The minimum absolute atomic E-state index is 0.0794. The number of pyridine rings is 1. The van der Waals surface area contributed by atoms with E-state index < -0.39 is 0 Å². The normalized spacial score (nSPS) is 18.0. The number of aromatic nitrogens is 4. The first-order valence-corrected chi connectivity index (χ1v) is 8.28. The van der Waals surface area contributed by atoms with Gasteiger partial charge in [-0.1, -0.05) is 6.07 Å². The van der Waals surface area contributed by atoms with Crippen LogP contribution in [-0.4, -0.2) is 44.3 Å². The molecular formula is C18H19N5O. The number of nitrogens with zero attached hydrogens (tertiary/aromatic N) is 4. The summed E-state index contributed by atoms with van der Waals surface area (Å²) >= 11 is 0. The van der Waals surface area contributed by atoms with Gasteiger partial charge in [0.15, 0.2) is 0 Å². The molecule has 122 valence electrons. The van der Waals surface area contributed by atoms with Crippen LogP contribution in [-0.2, 0) is 6.42 Å². The van der Waals surface area contributed by atoms with Gasteiger partial charge in [-0.05, 0) is 55.0 Å². The van der Waals surface area contributed by atoms with E-state index in [4.69, 9.17) is 0 Å². The highest BCUT2D eigenvalue weighted by Crippen LogP contribution is 2.22. The molecule has 0 aliphatic carbocycles. The molecule has 0 spiro atoms. The average molecular weight is 321 g/mol. The maximum absolute atomic E-state index is 12.8. The molecule has 0 saturated carbocycles. The van der Waals surface area contributed by atoms with E-state index in [0.29, 0.717) is 11.5 Å². The summed E-state index contributed by atoms with van der Waals surface area (Å²) in [4.78, 5) is 19.0. The molecule has 0 unspecified atom stereocenters. The highest BCUT2D eigenvalue weighted by Gasteiger charge is 2.25. The molecule has 24 heavy (non-hydrogen) atoms. The number of likely N-dealkylation sites (tertiary alicyclic amines) is 1. The number of nitrogens with one attached hydrogen (secondary N) is 1. The van der Waals surface area contributed by atoms with E-state index in [9.17, 15) is 4.79 Å². The van der Waals surface area contributed by atoms with Crippen molar-refractivity contribution in [3.05, 3.63) is 53.9 Å². The molecule has 1 aliphatic rings. The van der Waals surface area contributed by atoms with Gasteiger partial charge in [-0.3, -0.25) is 9.78 Å². The number of carbonyl (C=O) groups is 1. The molecule has 6 heteroatoms. The molecule has 1 atom stereocenters. The second kappa shape index (κ2) is 6.39. The van der Waals surface area contributed by atoms with Crippen molar-refractivity contribution in [3.63, 3.8) is 0 Å². The number of fused-ring (bicyclic) bond motifs is 1. The van der Waals surface area contributed by atoms with Crippen molar-refractivity contribution < 1.29 is 4.79 Å². The lowest BCUT2D eigenvalue weighted by Gasteiger charge is -2.33. The van der Waals surface area contributed by atoms with Crippen molar-refractivity contribution in [2.75, 3.05) is 13.1 Å². The number of rotatable bonds is 3. The molecule has 1 fully saturated rings. The molecule has 3 heterocycles. The quantitative estimate of drug-likeness (QED) is 0.804. The fourth-order valence-corrected chi connectivity index (χ4v) is 3.42. The minimum Gasteiger partial charge on any atom is -0.338 e. The summed E-state index contributed by atoms with van der Waals surface area (Å²) in [7, 11) is 0. The Labute approximate surface area is 139 Å². The van der Waals surface area contributed by atoms with Gasteiger partial charge in [0.2, 0.25) is 0 Å². The van der Waals surface area contributed by atoms with Gasteiger partial charge in [0.05, 0.1) is 0 Å². The first-order valence-electron chi connectivity index (χ1n) is 8.28. The Morgan fingerprint density at radius 3 is 3.04 bits per heavy atom. The Morgan fingerprint density at radius 2 is 2.17 bits per heavy atom. The van der Waals surface area contributed by atoms with Gasteiger partial charge in [0.1, 0.15) is 11.0 Å². The molecule has 1 saturated heterocycles. The van der Waals surface area contributed by atoms with Gasteiger partial charge in [-0.15, -0.1) is 0 Å². The third-order valence-corrected chi connectivity index (χ3v) is 4.62. The molecular weight excluding hydrogens is 302 g/mol. The summed E-state index contributed by atoms with van der Waals surface area (Å²) in [6, 6.07) is 9.55. The van der Waals surface area contributed by atoms with Crippen LogP contribution in [0.1, 0.15) is 28.8 Å². The van der Waals surface area contributed by atoms with Gasteiger partial charge >= 0.3 is 0 Å². The zero-order chi connectivity index (χ0) is 16.4. The Kier molecular flexibility index (Phi) is 3.94. The van der Waals surface area contributed by atoms with Crippen LogP contribution in [0.3, 0.4) is 0 Å². The van der Waals surface area contributed by atoms with Crippen molar-refractivity contribution >= 4 is 16.9 Å². The van der Waals surface area contributed by atoms with E-state index in [0.717, 1.165) is 43.4 Å². The number of hydrogen-bond acceptors (Lipinski definition) is 4. The lowest BCUT2D eigenvalue weighted by atomic mass is 9.91. The van der Waals surface area contributed by atoms with Crippen LogP contribution >= 0.6 is 0 Å². The van der Waals surface area contributed by atoms with Crippen LogP contribution < -0.4 is 0 Å². The lowest BCUT2D eigenvalue weighted by molar-refractivity contribution is 0.0673. The van der Waals surface area contributed by atoms with Crippen LogP contribution in [0.4, 0.5) is 0 Å². The minimum atomic E-state index is 0.0794. The molecule has 1 N–H and O–H groups in total. The summed E-state index contributed by atoms with van der Waals surface area (Å²) < 4.78 is 0. The smallest absolute Gasteiger partial charge is 0.253 e. The number of hydrogen-bond donors (Lipinski definition) is 1. The third-order valence-electron chi connectivity index (χ3n) is 4.62. The molecule has 2 aromatic heterocycles. The van der Waals surface area contributed by atoms with E-state index >= 15 is 0 Å². The van der Waals surface area contributed by atoms with Crippen molar-refractivity contribution in [1.29, 1.82) is 0 Å². The number of benzene rings is 1. The summed E-state index contributed by atoms with van der Waals surface area (Å²) in [6.07, 6.45) is 6.88. The molecule has 1 aliphatic heterocycles. The van der Waals surface area contributed by atoms with Crippen LogP contribution in [0.15, 0.2) is 42.7 Å². The first kappa shape index (κ1) is 14.8. The van der Waals surface area contributed by atoms with Crippen LogP contribution in [0, 0.1) is 5.92 Å². The second-order valence-electron chi connectivity index (χ2n) is 6.35. The monoisotopic (exact) mass is 321 g/mol. The van der Waals surface area contributed by atoms with Crippen molar-refractivity contribution in [3.8, 4) is 0 Å². The molecule has 4 rings (SSSR count). The van der Waals surface area contributed by atoms with E-state index in [2.05, 4.69) is 26.5 Å². The highest BCUT2D eigenvalue weighted by atomic mass is 16.2. The van der Waals surface area contributed by atoms with Crippen LogP contribution in [0.2, 0.25) is 0 Å². The van der Waals surface area contributed by atoms with Crippen molar-refractivity contribution in [2.24, 2.45) is 5.92 Å². The maximum atomic E-state index is 12.8. The van der Waals surface area contributed by atoms with Gasteiger partial charge in [-0.2, -0.15) is 15.4 Å². The van der Waals surface area contributed by atoms with Gasteiger partial charge in [0.25, 0.3) is 5.91 Å². The standard InChI is InChI=1S/C18H19N5O/c24-18(15-5-6-16-17(10-15)21-22-20-16)23-8-2-4-14(12-23)9-13-3-1-7-19-11-13/h1,3,5-7,10-11,14H,2,4,8-9,12H2,(H,20,21,22)/t14-/m0/s1. The SMILES string of the molecule is O=C(c1ccc2n[nH]nc2c1)N1CCC[C@@H](Cc2cccnc2)C1. The lowest BCUT2D eigenvalue weighted by Crippen LogP contribution is -2.40. The zero-order valence-electron chi connectivity index (χ0n) is 13.4. The fourth-order valence-electron chi connectivity index (χ4n) is 3.42. The van der Waals surface area contributed by atoms with Crippen molar-refractivity contribution in [1.82, 2.24) is 25.3 Å². The Balaban J connectivity index is 1.47. The largest absolute Gasteiger partial charge is 0.338 e. The van der Waals surface area contributed by atoms with Gasteiger partial charge < -0.3 is 4.90 Å². The third kappa shape index (κ3) is 2.99. The number of H-pyrrole nitrogens is 1. The van der Waals surface area contributed by atoms with E-state index in [1.165, 1.54) is 5.56 Å². The predicted octanol–water partition coefficient (Wildman–Crippen LogP) is 2.45. The second-order valence-corrected chi connectivity index (χ2v) is 6.35. The summed E-state index contributed by atoms with van der Waals surface area (Å²) in [5.74, 6) is 0.568. The summed E-state index contributed by atoms with van der Waals surface area (Å²) in [6.45, 7) is 1.61. The van der Waals surface area contributed by atoms with Crippen molar-refractivity contribution in [2.45, 2.75) is 19.3 Å². The van der Waals surface area contributed by atoms with Crippen LogP contribution in [0.25, 0.3) is 11.0 Å². The molecule has 6 nitrogen and oxygen atoms in total. The number of carbonyl (C=O) groups excluding carboxylic acids is 1. The Morgan fingerprint density at radius 1 is 1.25 bits per heavy atom. The number of amides is 1. The molecule has 0 bridgehead atoms. The maximum Gasteiger partial charge on any atom is 0.253 e. The van der Waals surface area contributed by atoms with E-state index in [1.807, 2.05) is 35.4 Å². The van der Waals surface area contributed by atoms with Gasteiger partial charge in [0, 0.05) is 31.0 Å². The first-order chi connectivity index (χ1) is 11.8. The number of aromatic amines is 1. The zero-order valence-corrected chi connectivity index (χ0v) is 13.4. The average Bonchev–Trinajstić information content (AvgIpc) is 3.10. The molecule has 3 aromatic rings. The highest BCUT2D eigenvalue weighted by molar-refractivity contribution is 5.97. The molecule has 1 amide bonds. The Bertz CT molecular complexity index is 845.